The van der Waals surface area contributed by atoms with Gasteiger partial charge in [0.1, 0.15) is 11.5 Å². The minimum absolute atomic E-state index is 0.246. The number of hydrogen-bond donors (Lipinski definition) is 2. The third-order valence-corrected chi connectivity index (χ3v) is 3.58. The maximum atomic E-state index is 10.1. The molecule has 0 unspecified atom stereocenters. The number of ether oxygens (including phenoxy) is 1. The third-order valence-electron chi connectivity index (χ3n) is 3.58. The number of phenols is 2. The summed E-state index contributed by atoms with van der Waals surface area (Å²) in [7, 11) is 0. The fourth-order valence-corrected chi connectivity index (χ4v) is 2.52. The summed E-state index contributed by atoms with van der Waals surface area (Å²) in [5.74, 6) is 0.556. The van der Waals surface area contributed by atoms with Crippen LogP contribution in [0.2, 0.25) is 0 Å². The molecule has 1 aliphatic rings. The number of rotatable bonds is 2. The highest BCUT2D eigenvalue weighted by Gasteiger charge is 2.15. The van der Waals surface area contributed by atoms with Crippen molar-refractivity contribution in [3.8, 4) is 11.5 Å². The molecule has 0 aromatic heterocycles. The van der Waals surface area contributed by atoms with Crippen LogP contribution in [0.3, 0.4) is 0 Å². The fourth-order valence-electron chi connectivity index (χ4n) is 2.52. The fraction of sp³-hybridized carbons (Fsp3) is 0.333. The number of hydrogen-bond acceptors (Lipinski definition) is 4. The lowest BCUT2D eigenvalue weighted by Gasteiger charge is -2.27. The topological polar surface area (TPSA) is 52.9 Å². The second-order valence-electron chi connectivity index (χ2n) is 4.86. The Morgan fingerprint density at radius 1 is 1.05 bits per heavy atom. The standard InChI is InChI=1S/C15H17NO3/c17-12-2-3-13-11(9-12)1-4-15(18)14(13)10-16-5-7-19-8-6-16/h1-4,9,17-18H,5-8,10H2. The van der Waals surface area contributed by atoms with Gasteiger partial charge in [0.25, 0.3) is 0 Å². The molecule has 1 saturated heterocycles. The number of aromatic hydroxyl groups is 2. The molecule has 4 heteroatoms. The molecule has 2 aromatic rings. The molecule has 2 aromatic carbocycles. The summed E-state index contributed by atoms with van der Waals surface area (Å²) in [4.78, 5) is 2.27. The molecule has 2 N–H and O–H groups in total. The maximum absolute atomic E-state index is 10.1. The predicted octanol–water partition coefficient (Wildman–Crippen LogP) is 2.08. The maximum Gasteiger partial charge on any atom is 0.120 e. The van der Waals surface area contributed by atoms with E-state index in [-0.39, 0.29) is 5.75 Å². The number of phenolic OH excluding ortho intramolecular Hbond substituents is 2. The summed E-state index contributed by atoms with van der Waals surface area (Å²) in [5, 5.41) is 21.5. The van der Waals surface area contributed by atoms with Gasteiger partial charge in [-0.15, -0.1) is 0 Å². The van der Waals surface area contributed by atoms with Gasteiger partial charge in [0.15, 0.2) is 0 Å². The molecule has 19 heavy (non-hydrogen) atoms. The van der Waals surface area contributed by atoms with Gasteiger partial charge < -0.3 is 14.9 Å². The van der Waals surface area contributed by atoms with Crippen molar-refractivity contribution >= 4 is 10.8 Å². The second kappa shape index (κ2) is 5.07. The highest BCUT2D eigenvalue weighted by molar-refractivity contribution is 5.88. The first kappa shape index (κ1) is 12.3. The molecule has 1 fully saturated rings. The Morgan fingerprint density at radius 3 is 2.63 bits per heavy atom. The van der Waals surface area contributed by atoms with Crippen molar-refractivity contribution in [1.82, 2.24) is 4.90 Å². The van der Waals surface area contributed by atoms with Crippen LogP contribution in [0.5, 0.6) is 11.5 Å². The molecule has 0 atom stereocenters. The van der Waals surface area contributed by atoms with Gasteiger partial charge in [0, 0.05) is 25.2 Å². The van der Waals surface area contributed by atoms with Gasteiger partial charge in [-0.05, 0) is 29.0 Å². The number of fused-ring (bicyclic) bond motifs is 1. The van der Waals surface area contributed by atoms with Crippen LogP contribution in [0.15, 0.2) is 30.3 Å². The zero-order valence-electron chi connectivity index (χ0n) is 10.7. The average molecular weight is 259 g/mol. The first-order valence-electron chi connectivity index (χ1n) is 6.48. The Morgan fingerprint density at radius 2 is 1.84 bits per heavy atom. The normalized spacial score (nSPS) is 16.8. The molecule has 0 bridgehead atoms. The van der Waals surface area contributed by atoms with Gasteiger partial charge in [-0.2, -0.15) is 0 Å². The molecule has 4 nitrogen and oxygen atoms in total. The van der Waals surface area contributed by atoms with E-state index in [1.54, 1.807) is 18.2 Å². The summed E-state index contributed by atoms with van der Waals surface area (Å²) in [5.41, 5.74) is 0.916. The highest BCUT2D eigenvalue weighted by atomic mass is 16.5. The van der Waals surface area contributed by atoms with Crippen LogP contribution in [0.25, 0.3) is 10.8 Å². The number of morpholine rings is 1. The number of benzene rings is 2. The molecule has 100 valence electrons. The monoisotopic (exact) mass is 259 g/mol. The van der Waals surface area contributed by atoms with Gasteiger partial charge in [0.05, 0.1) is 13.2 Å². The predicted molar refractivity (Wildman–Crippen MR) is 73.4 cm³/mol. The Kier molecular flexibility index (Phi) is 3.27. The van der Waals surface area contributed by atoms with Crippen LogP contribution >= 0.6 is 0 Å². The van der Waals surface area contributed by atoms with Crippen molar-refractivity contribution in [1.29, 1.82) is 0 Å². The van der Waals surface area contributed by atoms with Gasteiger partial charge in [-0.25, -0.2) is 0 Å². The van der Waals surface area contributed by atoms with E-state index in [2.05, 4.69) is 4.90 Å². The quantitative estimate of drug-likeness (QED) is 0.867. The van der Waals surface area contributed by atoms with E-state index in [4.69, 9.17) is 4.74 Å². The van der Waals surface area contributed by atoms with Crippen LogP contribution in [-0.2, 0) is 11.3 Å². The van der Waals surface area contributed by atoms with E-state index in [1.807, 2.05) is 12.1 Å². The van der Waals surface area contributed by atoms with E-state index in [0.29, 0.717) is 12.3 Å². The molecule has 0 spiro atoms. The summed E-state index contributed by atoms with van der Waals surface area (Å²) in [6.07, 6.45) is 0. The zero-order chi connectivity index (χ0) is 13.2. The summed E-state index contributed by atoms with van der Waals surface area (Å²) < 4.78 is 5.33. The van der Waals surface area contributed by atoms with Gasteiger partial charge >= 0.3 is 0 Å². The van der Waals surface area contributed by atoms with Crippen molar-refractivity contribution in [2.75, 3.05) is 26.3 Å². The molecule has 0 aliphatic carbocycles. The van der Waals surface area contributed by atoms with Crippen LogP contribution in [0, 0.1) is 0 Å². The Hall–Kier alpha value is -1.78. The molecule has 1 heterocycles. The van der Waals surface area contributed by atoms with Gasteiger partial charge in [-0.3, -0.25) is 4.90 Å². The van der Waals surface area contributed by atoms with Crippen molar-refractivity contribution in [2.45, 2.75) is 6.54 Å². The van der Waals surface area contributed by atoms with E-state index in [1.165, 1.54) is 0 Å². The van der Waals surface area contributed by atoms with Gasteiger partial charge in [-0.1, -0.05) is 12.1 Å². The lowest BCUT2D eigenvalue weighted by molar-refractivity contribution is 0.0341. The zero-order valence-corrected chi connectivity index (χ0v) is 10.7. The van der Waals surface area contributed by atoms with Crippen LogP contribution in [0.1, 0.15) is 5.56 Å². The smallest absolute Gasteiger partial charge is 0.120 e. The van der Waals surface area contributed by atoms with E-state index in [0.717, 1.165) is 42.6 Å². The Balaban J connectivity index is 1.98. The van der Waals surface area contributed by atoms with Crippen molar-refractivity contribution < 1.29 is 14.9 Å². The molecule has 0 radical (unpaired) electrons. The van der Waals surface area contributed by atoms with Crippen molar-refractivity contribution in [2.24, 2.45) is 0 Å². The average Bonchev–Trinajstić information content (AvgIpc) is 2.43. The molecule has 0 amide bonds. The lowest BCUT2D eigenvalue weighted by atomic mass is 10.0. The first-order chi connectivity index (χ1) is 9.24. The molecular formula is C15H17NO3. The van der Waals surface area contributed by atoms with Crippen molar-refractivity contribution in [3.63, 3.8) is 0 Å². The molecule has 3 rings (SSSR count). The summed E-state index contributed by atoms with van der Waals surface area (Å²) >= 11 is 0. The summed E-state index contributed by atoms with van der Waals surface area (Å²) in [6.45, 7) is 3.96. The van der Waals surface area contributed by atoms with Gasteiger partial charge in [0.2, 0.25) is 0 Å². The van der Waals surface area contributed by atoms with Crippen LogP contribution in [0.4, 0.5) is 0 Å². The third kappa shape index (κ3) is 2.50. The minimum Gasteiger partial charge on any atom is -0.508 e. The molecule has 0 saturated carbocycles. The number of nitrogens with zero attached hydrogens (tertiary/aromatic N) is 1. The highest BCUT2D eigenvalue weighted by Crippen LogP contribution is 2.30. The van der Waals surface area contributed by atoms with E-state index >= 15 is 0 Å². The van der Waals surface area contributed by atoms with Crippen molar-refractivity contribution in [3.05, 3.63) is 35.9 Å². The van der Waals surface area contributed by atoms with Crippen LogP contribution in [-0.4, -0.2) is 41.4 Å². The van der Waals surface area contributed by atoms with E-state index < -0.39 is 0 Å². The Labute approximate surface area is 111 Å². The largest absolute Gasteiger partial charge is 0.508 e. The minimum atomic E-state index is 0.246. The SMILES string of the molecule is Oc1ccc2c(CN3CCOCC3)c(O)ccc2c1. The second-order valence-corrected chi connectivity index (χ2v) is 4.86. The van der Waals surface area contributed by atoms with Crippen LogP contribution < -0.4 is 0 Å². The Bertz CT molecular complexity index is 591. The first-order valence-corrected chi connectivity index (χ1v) is 6.48. The van der Waals surface area contributed by atoms with E-state index in [9.17, 15) is 10.2 Å². The lowest BCUT2D eigenvalue weighted by Crippen LogP contribution is -2.35. The molecule has 1 aliphatic heterocycles. The molecular weight excluding hydrogens is 242 g/mol. The summed E-state index contributed by atoms with van der Waals surface area (Å²) in [6, 6.07) is 8.76.